The van der Waals surface area contributed by atoms with Gasteiger partial charge in [-0.25, -0.2) is 0 Å². The van der Waals surface area contributed by atoms with Gasteiger partial charge < -0.3 is 11.5 Å². The molecule has 0 radical (unpaired) electrons. The van der Waals surface area contributed by atoms with Crippen LogP contribution in [0.1, 0.15) is 50.3 Å². The van der Waals surface area contributed by atoms with E-state index in [1.54, 1.807) is 0 Å². The summed E-state index contributed by atoms with van der Waals surface area (Å²) in [6.45, 7) is 8.12. The van der Waals surface area contributed by atoms with Crippen molar-refractivity contribution in [2.24, 2.45) is 11.5 Å². The molecule has 0 fully saturated rings. The van der Waals surface area contributed by atoms with Gasteiger partial charge in [0.1, 0.15) is 0 Å². The van der Waals surface area contributed by atoms with Crippen molar-refractivity contribution in [3.63, 3.8) is 0 Å². The van der Waals surface area contributed by atoms with Gasteiger partial charge in [-0.2, -0.15) is 0 Å². The first kappa shape index (κ1) is 24.3. The van der Waals surface area contributed by atoms with Crippen LogP contribution in [0.2, 0.25) is 0 Å². The van der Waals surface area contributed by atoms with Gasteiger partial charge in [0.2, 0.25) is 0 Å². The summed E-state index contributed by atoms with van der Waals surface area (Å²) in [6.07, 6.45) is 1.91. The minimum atomic E-state index is -0.200. The molecule has 0 bridgehead atoms. The van der Waals surface area contributed by atoms with Gasteiger partial charge in [-0.1, -0.05) is 106 Å². The first-order valence-corrected chi connectivity index (χ1v) is 14.2. The highest BCUT2D eigenvalue weighted by Crippen LogP contribution is 2.52. The Labute approximate surface area is 231 Å². The second kappa shape index (κ2) is 8.64. The maximum Gasteiger partial charge on any atom is 0.0338 e. The molecule has 2 heteroatoms. The monoisotopic (exact) mass is 508 g/mol. The summed E-state index contributed by atoms with van der Waals surface area (Å²) in [6, 6.07) is 34.4. The molecule has 4 N–H and O–H groups in total. The van der Waals surface area contributed by atoms with Crippen molar-refractivity contribution in [2.75, 3.05) is 13.1 Å². The Morgan fingerprint density at radius 1 is 0.641 bits per heavy atom. The largest absolute Gasteiger partial charge is 0.330 e. The average molecular weight is 509 g/mol. The van der Waals surface area contributed by atoms with Crippen molar-refractivity contribution in [3.05, 3.63) is 108 Å². The molecule has 0 spiro atoms. The molecule has 0 aliphatic heterocycles. The van der Waals surface area contributed by atoms with Crippen LogP contribution in [-0.2, 0) is 10.8 Å². The van der Waals surface area contributed by atoms with Crippen LogP contribution >= 0.6 is 0 Å². The van der Waals surface area contributed by atoms with Crippen molar-refractivity contribution in [2.45, 2.75) is 44.4 Å². The Hall–Kier alpha value is -3.72. The highest BCUT2D eigenvalue weighted by atomic mass is 14.6. The van der Waals surface area contributed by atoms with Crippen LogP contribution in [0.3, 0.4) is 0 Å². The molecule has 6 aromatic carbocycles. The van der Waals surface area contributed by atoms with Crippen LogP contribution in [0.15, 0.2) is 91.0 Å². The normalized spacial score (nSPS) is 16.8. The van der Waals surface area contributed by atoms with E-state index in [-0.39, 0.29) is 10.8 Å². The van der Waals surface area contributed by atoms with Crippen LogP contribution in [0.25, 0.3) is 54.6 Å². The zero-order valence-electron chi connectivity index (χ0n) is 23.1. The molecule has 1 aliphatic carbocycles. The van der Waals surface area contributed by atoms with Gasteiger partial charge in [-0.05, 0) is 102 Å². The van der Waals surface area contributed by atoms with E-state index < -0.39 is 0 Å². The predicted octanol–water partition coefficient (Wildman–Crippen LogP) is 8.51. The Balaban J connectivity index is 1.47. The fourth-order valence-corrected chi connectivity index (χ4v) is 7.12. The van der Waals surface area contributed by atoms with Crippen LogP contribution in [-0.4, -0.2) is 13.1 Å². The third kappa shape index (κ3) is 3.48. The Kier molecular flexibility index (Phi) is 5.39. The Morgan fingerprint density at radius 2 is 1.31 bits per heavy atom. The molecule has 2 nitrogen and oxygen atoms in total. The lowest BCUT2D eigenvalue weighted by atomic mass is 9.74. The lowest BCUT2D eigenvalue weighted by Gasteiger charge is -2.31. The van der Waals surface area contributed by atoms with Crippen LogP contribution in [0.4, 0.5) is 0 Å². The van der Waals surface area contributed by atoms with Gasteiger partial charge in [-0.15, -0.1) is 0 Å². The Bertz CT molecular complexity index is 1850. The highest BCUT2D eigenvalue weighted by Gasteiger charge is 2.41. The number of hydrogen-bond acceptors (Lipinski definition) is 2. The van der Waals surface area contributed by atoms with Crippen molar-refractivity contribution >= 4 is 32.3 Å². The molecule has 7 rings (SSSR count). The lowest BCUT2D eigenvalue weighted by Crippen LogP contribution is -2.35. The molecular weight excluding hydrogens is 472 g/mol. The highest BCUT2D eigenvalue weighted by molar-refractivity contribution is 6.25. The van der Waals surface area contributed by atoms with E-state index in [1.807, 2.05) is 0 Å². The third-order valence-electron chi connectivity index (χ3n) is 9.20. The predicted molar refractivity (Wildman–Crippen MR) is 168 cm³/mol. The molecule has 1 atom stereocenters. The standard InChI is InChI=1S/C37H36N2/c1-36(2,3)27-19-25-10-9-23-11-14-28(31-16-13-26(20-27)34(25)35(23)31)24-12-15-30-29-7-4-5-8-32(29)37(22-39,17-6-18-38)33(30)21-24/h4-5,7-16,19-21H,6,17-18,22,38-39H2,1-3H3. The second-order valence-electron chi connectivity index (χ2n) is 12.4. The molecule has 0 aromatic heterocycles. The molecule has 0 amide bonds. The van der Waals surface area contributed by atoms with E-state index in [0.717, 1.165) is 12.8 Å². The zero-order chi connectivity index (χ0) is 26.9. The summed E-state index contributed by atoms with van der Waals surface area (Å²) >= 11 is 0. The molecule has 1 unspecified atom stereocenters. The summed E-state index contributed by atoms with van der Waals surface area (Å²) in [7, 11) is 0. The van der Waals surface area contributed by atoms with E-state index in [2.05, 4.69) is 112 Å². The van der Waals surface area contributed by atoms with E-state index in [4.69, 9.17) is 11.5 Å². The molecule has 6 aromatic rings. The molecule has 0 saturated carbocycles. The number of fused-ring (bicyclic) bond motifs is 3. The maximum atomic E-state index is 6.62. The summed E-state index contributed by atoms with van der Waals surface area (Å²) in [4.78, 5) is 0. The molecule has 194 valence electrons. The number of rotatable bonds is 5. The summed E-state index contributed by atoms with van der Waals surface area (Å²) in [5.74, 6) is 0. The third-order valence-corrected chi connectivity index (χ3v) is 9.20. The van der Waals surface area contributed by atoms with Crippen LogP contribution < -0.4 is 11.5 Å². The second-order valence-corrected chi connectivity index (χ2v) is 12.4. The summed E-state index contributed by atoms with van der Waals surface area (Å²) in [5, 5.41) is 7.97. The molecule has 0 heterocycles. The summed E-state index contributed by atoms with van der Waals surface area (Å²) < 4.78 is 0. The minimum absolute atomic E-state index is 0.108. The Morgan fingerprint density at radius 3 is 2.05 bits per heavy atom. The van der Waals surface area contributed by atoms with Crippen molar-refractivity contribution < 1.29 is 0 Å². The maximum absolute atomic E-state index is 6.62. The van der Waals surface area contributed by atoms with Gasteiger partial charge in [0.25, 0.3) is 0 Å². The summed E-state index contributed by atoms with van der Waals surface area (Å²) in [5.41, 5.74) is 21.8. The molecule has 1 aliphatic rings. The topological polar surface area (TPSA) is 52.0 Å². The fourth-order valence-electron chi connectivity index (χ4n) is 7.12. The fraction of sp³-hybridized carbons (Fsp3) is 0.243. The minimum Gasteiger partial charge on any atom is -0.330 e. The molecule has 0 saturated heterocycles. The van der Waals surface area contributed by atoms with Crippen LogP contribution in [0, 0.1) is 0 Å². The average Bonchev–Trinajstić information content (AvgIpc) is 3.23. The first-order valence-electron chi connectivity index (χ1n) is 14.2. The SMILES string of the molecule is CC(C)(C)c1cc2ccc3ccc(-c4ccc5c(c4)C(CN)(CCCN)c4ccccc4-5)c4ccc(c1)c2c34. The van der Waals surface area contributed by atoms with Gasteiger partial charge in [0.15, 0.2) is 0 Å². The van der Waals surface area contributed by atoms with E-state index in [9.17, 15) is 0 Å². The van der Waals surface area contributed by atoms with Gasteiger partial charge in [-0.3, -0.25) is 0 Å². The van der Waals surface area contributed by atoms with Gasteiger partial charge in [0, 0.05) is 12.0 Å². The van der Waals surface area contributed by atoms with E-state index >= 15 is 0 Å². The molecule has 39 heavy (non-hydrogen) atoms. The zero-order valence-corrected chi connectivity index (χ0v) is 23.1. The van der Waals surface area contributed by atoms with Crippen LogP contribution in [0.5, 0.6) is 0 Å². The first-order chi connectivity index (χ1) is 18.9. The molecular formula is C37H36N2. The number of nitrogens with two attached hydrogens (primary N) is 2. The van der Waals surface area contributed by atoms with Gasteiger partial charge >= 0.3 is 0 Å². The van der Waals surface area contributed by atoms with Crippen molar-refractivity contribution in [1.82, 2.24) is 0 Å². The number of benzene rings is 6. The number of hydrogen-bond donors (Lipinski definition) is 2. The van der Waals surface area contributed by atoms with Crippen molar-refractivity contribution in [3.8, 4) is 22.3 Å². The lowest BCUT2D eigenvalue weighted by molar-refractivity contribution is 0.479. The quantitative estimate of drug-likeness (QED) is 0.229. The van der Waals surface area contributed by atoms with Crippen molar-refractivity contribution in [1.29, 1.82) is 0 Å². The smallest absolute Gasteiger partial charge is 0.0338 e. The van der Waals surface area contributed by atoms with E-state index in [1.165, 1.54) is 71.3 Å². The van der Waals surface area contributed by atoms with Gasteiger partial charge in [0.05, 0.1) is 0 Å². The van der Waals surface area contributed by atoms with E-state index in [0.29, 0.717) is 13.1 Å².